The van der Waals surface area contributed by atoms with Gasteiger partial charge >= 0.3 is 0 Å². The first-order chi connectivity index (χ1) is 6.31. The molecule has 0 unspecified atom stereocenters. The highest BCUT2D eigenvalue weighted by Gasteiger charge is 2.20. The predicted octanol–water partition coefficient (Wildman–Crippen LogP) is 0.991. The van der Waals surface area contributed by atoms with Crippen molar-refractivity contribution < 1.29 is 14.6 Å². The molecule has 0 aromatic heterocycles. The van der Waals surface area contributed by atoms with Crippen molar-refractivity contribution in [2.24, 2.45) is 0 Å². The van der Waals surface area contributed by atoms with Crippen LogP contribution < -0.4 is 9.47 Å². The van der Waals surface area contributed by atoms with Crippen LogP contribution in [0.2, 0.25) is 0 Å². The van der Waals surface area contributed by atoms with E-state index in [2.05, 4.69) is 0 Å². The van der Waals surface area contributed by atoms with E-state index in [1.807, 2.05) is 18.2 Å². The molecular weight excluding hydrogens is 168 g/mol. The molecule has 0 spiro atoms. The zero-order chi connectivity index (χ0) is 9.26. The summed E-state index contributed by atoms with van der Waals surface area (Å²) < 4.78 is 10.5. The average molecular weight is 180 g/mol. The first-order valence-electron chi connectivity index (χ1n) is 4.28. The van der Waals surface area contributed by atoms with Gasteiger partial charge in [-0.3, -0.25) is 0 Å². The monoisotopic (exact) mass is 180 g/mol. The summed E-state index contributed by atoms with van der Waals surface area (Å²) in [5, 5.41) is 9.35. The Labute approximate surface area is 76.9 Å². The summed E-state index contributed by atoms with van der Waals surface area (Å²) in [6, 6.07) is 5.70. The Morgan fingerprint density at radius 1 is 1.54 bits per heavy atom. The van der Waals surface area contributed by atoms with E-state index in [9.17, 15) is 5.11 Å². The number of fused-ring (bicyclic) bond motifs is 1. The molecule has 1 aromatic rings. The Hall–Kier alpha value is -1.22. The number of ether oxygens (including phenoxy) is 2. The topological polar surface area (TPSA) is 38.7 Å². The number of rotatable bonds is 1. The fourth-order valence-corrected chi connectivity index (χ4v) is 1.54. The van der Waals surface area contributed by atoms with E-state index in [-0.39, 0.29) is 6.10 Å². The van der Waals surface area contributed by atoms with E-state index in [0.717, 1.165) is 17.1 Å². The van der Waals surface area contributed by atoms with E-state index in [1.165, 1.54) is 0 Å². The first kappa shape index (κ1) is 8.38. The third-order valence-corrected chi connectivity index (χ3v) is 2.16. The van der Waals surface area contributed by atoms with Gasteiger partial charge in [0.05, 0.1) is 13.2 Å². The normalized spacial score (nSPS) is 20.3. The van der Waals surface area contributed by atoms with E-state index in [0.29, 0.717) is 13.0 Å². The summed E-state index contributed by atoms with van der Waals surface area (Å²) >= 11 is 0. The second-order valence-corrected chi connectivity index (χ2v) is 3.12. The van der Waals surface area contributed by atoms with E-state index in [4.69, 9.17) is 9.47 Å². The molecular formula is C10H12O3. The molecule has 0 aliphatic carbocycles. The highest BCUT2D eigenvalue weighted by atomic mass is 16.5. The molecule has 1 N–H and O–H groups in total. The van der Waals surface area contributed by atoms with Crippen molar-refractivity contribution in [3.05, 3.63) is 23.8 Å². The van der Waals surface area contributed by atoms with E-state index in [1.54, 1.807) is 7.11 Å². The van der Waals surface area contributed by atoms with Crippen LogP contribution in [0.3, 0.4) is 0 Å². The lowest BCUT2D eigenvalue weighted by atomic mass is 10.0. The van der Waals surface area contributed by atoms with Crippen molar-refractivity contribution in [3.8, 4) is 11.5 Å². The van der Waals surface area contributed by atoms with Gasteiger partial charge in [0.25, 0.3) is 0 Å². The summed E-state index contributed by atoms with van der Waals surface area (Å²) in [5.41, 5.74) is 1.01. The summed E-state index contributed by atoms with van der Waals surface area (Å²) in [4.78, 5) is 0. The Balaban J connectivity index is 2.39. The van der Waals surface area contributed by atoms with Crippen molar-refractivity contribution in [2.75, 3.05) is 13.7 Å². The van der Waals surface area contributed by atoms with Crippen LogP contribution in [0, 0.1) is 0 Å². The second kappa shape index (κ2) is 3.26. The molecule has 1 heterocycles. The lowest BCUT2D eigenvalue weighted by Gasteiger charge is -2.22. The van der Waals surface area contributed by atoms with Crippen LogP contribution >= 0.6 is 0 Å². The highest BCUT2D eigenvalue weighted by Crippen LogP contribution is 2.34. The van der Waals surface area contributed by atoms with Crippen molar-refractivity contribution in [1.29, 1.82) is 0 Å². The smallest absolute Gasteiger partial charge is 0.164 e. The summed E-state index contributed by atoms with van der Waals surface area (Å²) in [6.07, 6.45) is 0.256. The SMILES string of the molecule is COc1cccc2c1OC[C@H](O)C2. The van der Waals surface area contributed by atoms with Crippen LogP contribution in [0.5, 0.6) is 11.5 Å². The second-order valence-electron chi connectivity index (χ2n) is 3.12. The van der Waals surface area contributed by atoms with Gasteiger partial charge in [0.1, 0.15) is 6.61 Å². The fourth-order valence-electron chi connectivity index (χ4n) is 1.54. The zero-order valence-corrected chi connectivity index (χ0v) is 7.49. The maximum atomic E-state index is 9.35. The number of para-hydroxylation sites is 1. The molecule has 13 heavy (non-hydrogen) atoms. The number of aliphatic hydroxyl groups excluding tert-OH is 1. The number of benzene rings is 1. The quantitative estimate of drug-likeness (QED) is 0.700. The molecule has 70 valence electrons. The van der Waals surface area contributed by atoms with Crippen molar-refractivity contribution >= 4 is 0 Å². The molecule has 0 radical (unpaired) electrons. The molecule has 0 saturated carbocycles. The van der Waals surface area contributed by atoms with Gasteiger partial charge in [-0.2, -0.15) is 0 Å². The lowest BCUT2D eigenvalue weighted by Crippen LogP contribution is -2.25. The summed E-state index contributed by atoms with van der Waals surface area (Å²) in [6.45, 7) is 0.355. The largest absolute Gasteiger partial charge is 0.493 e. The van der Waals surface area contributed by atoms with E-state index < -0.39 is 0 Å². The molecule has 2 rings (SSSR count). The number of hydrogen-bond donors (Lipinski definition) is 1. The molecule has 1 aliphatic rings. The van der Waals surface area contributed by atoms with Gasteiger partial charge in [0.15, 0.2) is 11.5 Å². The number of aliphatic hydroxyl groups is 1. The van der Waals surface area contributed by atoms with Gasteiger partial charge in [-0.15, -0.1) is 0 Å². The minimum Gasteiger partial charge on any atom is -0.493 e. The molecule has 3 nitrogen and oxygen atoms in total. The van der Waals surface area contributed by atoms with Gasteiger partial charge < -0.3 is 14.6 Å². The minimum absolute atomic E-state index is 0.355. The van der Waals surface area contributed by atoms with Gasteiger partial charge in [0.2, 0.25) is 0 Å². The maximum absolute atomic E-state index is 9.35. The zero-order valence-electron chi connectivity index (χ0n) is 7.49. The van der Waals surface area contributed by atoms with Crippen LogP contribution in [0.25, 0.3) is 0 Å². The van der Waals surface area contributed by atoms with Crippen LogP contribution in [0.4, 0.5) is 0 Å². The Bertz CT molecular complexity index is 309. The lowest BCUT2D eigenvalue weighted by molar-refractivity contribution is 0.0899. The molecule has 0 bridgehead atoms. The fraction of sp³-hybridized carbons (Fsp3) is 0.400. The van der Waals surface area contributed by atoms with Crippen LogP contribution in [-0.2, 0) is 6.42 Å². The Morgan fingerprint density at radius 3 is 3.15 bits per heavy atom. The standard InChI is InChI=1S/C10H12O3/c1-12-9-4-2-3-7-5-8(11)6-13-10(7)9/h2-4,8,11H,5-6H2,1H3/t8-/m1/s1. The van der Waals surface area contributed by atoms with Crippen LogP contribution in [0.15, 0.2) is 18.2 Å². The van der Waals surface area contributed by atoms with Crippen LogP contribution in [-0.4, -0.2) is 24.9 Å². The van der Waals surface area contributed by atoms with E-state index >= 15 is 0 Å². The minimum atomic E-state index is -0.389. The van der Waals surface area contributed by atoms with Crippen LogP contribution in [0.1, 0.15) is 5.56 Å². The average Bonchev–Trinajstić information content (AvgIpc) is 2.16. The molecule has 0 amide bonds. The summed E-state index contributed by atoms with van der Waals surface area (Å²) in [7, 11) is 1.62. The third kappa shape index (κ3) is 1.47. The number of methoxy groups -OCH3 is 1. The predicted molar refractivity (Wildman–Crippen MR) is 48.2 cm³/mol. The molecule has 0 fully saturated rings. The molecule has 0 saturated heterocycles. The Morgan fingerprint density at radius 2 is 2.38 bits per heavy atom. The highest BCUT2D eigenvalue weighted by molar-refractivity contribution is 5.47. The third-order valence-electron chi connectivity index (χ3n) is 2.16. The van der Waals surface area contributed by atoms with Gasteiger partial charge in [0, 0.05) is 12.0 Å². The number of hydrogen-bond acceptors (Lipinski definition) is 3. The Kier molecular flexibility index (Phi) is 2.10. The van der Waals surface area contributed by atoms with Crippen molar-refractivity contribution in [1.82, 2.24) is 0 Å². The molecule has 3 heteroatoms. The van der Waals surface area contributed by atoms with Gasteiger partial charge in [-0.05, 0) is 6.07 Å². The molecule has 1 aromatic carbocycles. The van der Waals surface area contributed by atoms with Crippen molar-refractivity contribution in [3.63, 3.8) is 0 Å². The van der Waals surface area contributed by atoms with Crippen molar-refractivity contribution in [2.45, 2.75) is 12.5 Å². The van der Waals surface area contributed by atoms with Gasteiger partial charge in [-0.25, -0.2) is 0 Å². The molecule has 1 atom stereocenters. The maximum Gasteiger partial charge on any atom is 0.164 e. The summed E-state index contributed by atoms with van der Waals surface area (Å²) in [5.74, 6) is 1.51. The molecule has 1 aliphatic heterocycles. The first-order valence-corrected chi connectivity index (χ1v) is 4.28. The van der Waals surface area contributed by atoms with Gasteiger partial charge in [-0.1, -0.05) is 12.1 Å².